The van der Waals surface area contributed by atoms with Crippen molar-refractivity contribution in [3.05, 3.63) is 95.1 Å². The van der Waals surface area contributed by atoms with Gasteiger partial charge >= 0.3 is 0 Å². The second-order valence-corrected chi connectivity index (χ2v) is 9.09. The van der Waals surface area contributed by atoms with Crippen LogP contribution >= 0.6 is 0 Å². The van der Waals surface area contributed by atoms with Gasteiger partial charge in [0.25, 0.3) is 20.2 Å². The van der Waals surface area contributed by atoms with E-state index in [4.69, 9.17) is 9.11 Å². The van der Waals surface area contributed by atoms with Gasteiger partial charge in [0, 0.05) is 22.3 Å². The Morgan fingerprint density at radius 1 is 0.533 bits per heavy atom. The average Bonchev–Trinajstić information content (AvgIpc) is 2.71. The van der Waals surface area contributed by atoms with Crippen LogP contribution in [0.5, 0.6) is 0 Å². The molecule has 0 aliphatic carbocycles. The van der Waals surface area contributed by atoms with Crippen molar-refractivity contribution in [3.8, 4) is 0 Å². The normalized spacial score (nSPS) is 11.8. The standard InChI is InChI=1S/C20H14O8S2/c21-19(15-6-2-8-17(11-15)29(23,24)25)13-4-1-5-14(10-13)20(22)16-7-3-9-18(12-16)30(26,27)28/h1-12H,(H,23,24,25)(H,26,27,28). The van der Waals surface area contributed by atoms with Crippen molar-refractivity contribution in [2.45, 2.75) is 9.79 Å². The highest BCUT2D eigenvalue weighted by Crippen LogP contribution is 2.19. The number of carbonyl (C=O) groups is 2. The van der Waals surface area contributed by atoms with E-state index < -0.39 is 41.6 Å². The molecule has 0 aliphatic heterocycles. The molecule has 8 nitrogen and oxygen atoms in total. The molecule has 10 heteroatoms. The monoisotopic (exact) mass is 446 g/mol. The Labute approximate surface area is 172 Å². The quantitative estimate of drug-likeness (QED) is 0.434. The molecule has 3 aromatic rings. The lowest BCUT2D eigenvalue weighted by Gasteiger charge is -2.07. The molecule has 154 valence electrons. The third kappa shape index (κ3) is 4.69. The van der Waals surface area contributed by atoms with Gasteiger partial charge in [0.05, 0.1) is 9.79 Å². The van der Waals surface area contributed by atoms with E-state index in [1.165, 1.54) is 48.5 Å². The van der Waals surface area contributed by atoms with Crippen molar-refractivity contribution in [1.29, 1.82) is 0 Å². The van der Waals surface area contributed by atoms with Crippen molar-refractivity contribution < 1.29 is 35.5 Å². The van der Waals surface area contributed by atoms with Gasteiger partial charge in [-0.1, -0.05) is 42.5 Å². The lowest BCUT2D eigenvalue weighted by molar-refractivity contribution is 0.103. The highest BCUT2D eigenvalue weighted by atomic mass is 32.2. The summed E-state index contributed by atoms with van der Waals surface area (Å²) in [6.07, 6.45) is 0. The molecule has 0 bridgehead atoms. The first-order valence-corrected chi connectivity index (χ1v) is 11.2. The Morgan fingerprint density at radius 2 is 0.833 bits per heavy atom. The van der Waals surface area contributed by atoms with E-state index in [9.17, 15) is 26.4 Å². The van der Waals surface area contributed by atoms with Crippen LogP contribution in [-0.4, -0.2) is 37.5 Å². The summed E-state index contributed by atoms with van der Waals surface area (Å²) in [4.78, 5) is 24.6. The Kier molecular flexibility index (Phi) is 5.68. The van der Waals surface area contributed by atoms with Crippen molar-refractivity contribution in [2.24, 2.45) is 0 Å². The third-order valence-electron chi connectivity index (χ3n) is 4.18. The molecule has 0 spiro atoms. The summed E-state index contributed by atoms with van der Waals surface area (Å²) in [7, 11) is -8.98. The molecule has 0 amide bonds. The summed E-state index contributed by atoms with van der Waals surface area (Å²) in [6.45, 7) is 0. The van der Waals surface area contributed by atoms with Crippen LogP contribution in [0.4, 0.5) is 0 Å². The molecule has 3 aromatic carbocycles. The predicted octanol–water partition coefficient (Wildman–Crippen LogP) is 2.64. The summed E-state index contributed by atoms with van der Waals surface area (Å²) in [5.74, 6) is -1.16. The molecule has 0 aliphatic rings. The largest absolute Gasteiger partial charge is 0.294 e. The lowest BCUT2D eigenvalue weighted by atomic mass is 9.97. The molecule has 0 fully saturated rings. The van der Waals surface area contributed by atoms with E-state index in [1.807, 2.05) is 0 Å². The van der Waals surface area contributed by atoms with Gasteiger partial charge in [-0.25, -0.2) is 0 Å². The van der Waals surface area contributed by atoms with Crippen LogP contribution in [-0.2, 0) is 20.2 Å². The topological polar surface area (TPSA) is 143 Å². The van der Waals surface area contributed by atoms with Gasteiger partial charge in [-0.3, -0.25) is 18.7 Å². The lowest BCUT2D eigenvalue weighted by Crippen LogP contribution is -2.08. The van der Waals surface area contributed by atoms with Crippen LogP contribution in [0.2, 0.25) is 0 Å². The van der Waals surface area contributed by atoms with E-state index in [0.717, 1.165) is 24.3 Å². The zero-order valence-corrected chi connectivity index (χ0v) is 16.7. The van der Waals surface area contributed by atoms with Gasteiger partial charge in [-0.05, 0) is 30.3 Å². The van der Waals surface area contributed by atoms with Gasteiger partial charge in [-0.15, -0.1) is 0 Å². The zero-order chi connectivity index (χ0) is 22.1. The smallest absolute Gasteiger partial charge is 0.289 e. The SMILES string of the molecule is O=C(c1cccc(C(=O)c2cccc(S(=O)(=O)O)c2)c1)c1cccc(S(=O)(=O)O)c1. The van der Waals surface area contributed by atoms with E-state index in [1.54, 1.807) is 0 Å². The van der Waals surface area contributed by atoms with E-state index in [0.29, 0.717) is 0 Å². The van der Waals surface area contributed by atoms with Crippen molar-refractivity contribution in [2.75, 3.05) is 0 Å². The van der Waals surface area contributed by atoms with Gasteiger partial charge < -0.3 is 0 Å². The maximum atomic E-state index is 12.7. The number of hydrogen-bond acceptors (Lipinski definition) is 6. The summed E-state index contributed by atoms with van der Waals surface area (Å²) >= 11 is 0. The molecule has 2 N–H and O–H groups in total. The maximum Gasteiger partial charge on any atom is 0.294 e. The van der Waals surface area contributed by atoms with Gasteiger partial charge in [-0.2, -0.15) is 16.8 Å². The first kappa shape index (κ1) is 21.5. The summed E-state index contributed by atoms with van der Waals surface area (Å²) < 4.78 is 63.4. The molecular weight excluding hydrogens is 432 g/mol. The number of hydrogen-bond donors (Lipinski definition) is 2. The van der Waals surface area contributed by atoms with Crippen LogP contribution in [0.1, 0.15) is 31.8 Å². The molecule has 0 atom stereocenters. The predicted molar refractivity (Wildman–Crippen MR) is 106 cm³/mol. The highest BCUT2D eigenvalue weighted by Gasteiger charge is 2.18. The van der Waals surface area contributed by atoms with E-state index in [2.05, 4.69) is 0 Å². The van der Waals surface area contributed by atoms with Crippen LogP contribution < -0.4 is 0 Å². The number of carbonyl (C=O) groups excluding carboxylic acids is 2. The molecule has 0 unspecified atom stereocenters. The maximum absolute atomic E-state index is 12.7. The molecule has 0 heterocycles. The van der Waals surface area contributed by atoms with Crippen LogP contribution in [0.15, 0.2) is 82.6 Å². The second-order valence-electron chi connectivity index (χ2n) is 6.24. The molecule has 0 saturated heterocycles. The fourth-order valence-corrected chi connectivity index (χ4v) is 3.78. The summed E-state index contributed by atoms with van der Waals surface area (Å²) in [5, 5.41) is 0. The Bertz CT molecular complexity index is 1270. The van der Waals surface area contributed by atoms with Gasteiger partial charge in [0.2, 0.25) is 0 Å². The summed E-state index contributed by atoms with van der Waals surface area (Å²) in [5.41, 5.74) is 0.143. The molecule has 0 saturated carbocycles. The first-order chi connectivity index (χ1) is 14.0. The zero-order valence-electron chi connectivity index (χ0n) is 15.1. The van der Waals surface area contributed by atoms with Crippen molar-refractivity contribution in [1.82, 2.24) is 0 Å². The van der Waals surface area contributed by atoms with E-state index in [-0.39, 0.29) is 22.3 Å². The fraction of sp³-hybridized carbons (Fsp3) is 0. The first-order valence-electron chi connectivity index (χ1n) is 8.31. The average molecular weight is 446 g/mol. The van der Waals surface area contributed by atoms with Gasteiger partial charge in [0.1, 0.15) is 0 Å². The molecule has 0 radical (unpaired) electrons. The van der Waals surface area contributed by atoms with Crippen LogP contribution in [0, 0.1) is 0 Å². The third-order valence-corrected chi connectivity index (χ3v) is 5.87. The van der Waals surface area contributed by atoms with Crippen molar-refractivity contribution >= 4 is 31.8 Å². The second kappa shape index (κ2) is 7.92. The molecule has 3 rings (SSSR count). The molecule has 0 aromatic heterocycles. The van der Waals surface area contributed by atoms with Crippen LogP contribution in [0.3, 0.4) is 0 Å². The minimum Gasteiger partial charge on any atom is -0.289 e. The van der Waals surface area contributed by atoms with Crippen molar-refractivity contribution in [3.63, 3.8) is 0 Å². The Morgan fingerprint density at radius 3 is 1.17 bits per heavy atom. The number of ketones is 2. The highest BCUT2D eigenvalue weighted by molar-refractivity contribution is 7.86. The number of rotatable bonds is 6. The molecular formula is C20H14O8S2. The minimum atomic E-state index is -4.49. The Hall–Kier alpha value is -3.18. The van der Waals surface area contributed by atoms with Crippen LogP contribution in [0.25, 0.3) is 0 Å². The fourth-order valence-electron chi connectivity index (χ4n) is 2.73. The summed E-state index contributed by atoms with van der Waals surface area (Å²) in [6, 6.07) is 15.2. The van der Waals surface area contributed by atoms with E-state index >= 15 is 0 Å². The molecule has 30 heavy (non-hydrogen) atoms. The number of benzene rings is 3. The minimum absolute atomic E-state index is 0.0110. The Balaban J connectivity index is 1.97. The van der Waals surface area contributed by atoms with Gasteiger partial charge in [0.15, 0.2) is 11.6 Å².